The van der Waals surface area contributed by atoms with Gasteiger partial charge in [-0.15, -0.1) is 0 Å². The first-order valence-corrected chi connectivity index (χ1v) is 7.78. The molecule has 2 rings (SSSR count). The number of hydrogen-bond donors (Lipinski definition) is 2. The van der Waals surface area contributed by atoms with Crippen LogP contribution in [0.2, 0.25) is 0 Å². The number of hydrogen-bond acceptors (Lipinski definition) is 4. The summed E-state index contributed by atoms with van der Waals surface area (Å²) < 4.78 is 10.4. The van der Waals surface area contributed by atoms with Gasteiger partial charge in [-0.05, 0) is 38.8 Å². The summed E-state index contributed by atoms with van der Waals surface area (Å²) in [7, 11) is 3.04. The predicted octanol–water partition coefficient (Wildman–Crippen LogP) is 3.09. The van der Waals surface area contributed by atoms with E-state index in [1.807, 2.05) is 13.8 Å². The maximum atomic E-state index is 12.7. The molecule has 0 heterocycles. The number of carboxylic acids is 1. The van der Waals surface area contributed by atoms with Crippen LogP contribution in [-0.4, -0.2) is 31.2 Å². The lowest BCUT2D eigenvalue weighted by Crippen LogP contribution is -2.36. The van der Waals surface area contributed by atoms with Crippen molar-refractivity contribution in [3.8, 4) is 11.5 Å². The SMILES string of the molecule is COc1ccc(OC)c(NC(=O)[C@H]2CC(C)=C(C)C[C@@H]2C(=O)O)c1. The van der Waals surface area contributed by atoms with Crippen LogP contribution in [0.3, 0.4) is 0 Å². The number of allylic oxidation sites excluding steroid dienone is 2. The van der Waals surface area contributed by atoms with E-state index in [1.165, 1.54) is 14.2 Å². The molecule has 0 aliphatic heterocycles. The number of methoxy groups -OCH3 is 2. The van der Waals surface area contributed by atoms with Crippen LogP contribution in [0.1, 0.15) is 26.7 Å². The Bertz CT molecular complexity index is 680. The maximum absolute atomic E-state index is 12.7. The van der Waals surface area contributed by atoms with E-state index in [9.17, 15) is 14.7 Å². The zero-order chi connectivity index (χ0) is 17.9. The number of aliphatic carboxylic acids is 1. The summed E-state index contributed by atoms with van der Waals surface area (Å²) in [5.74, 6) is -1.51. The van der Waals surface area contributed by atoms with Crippen molar-refractivity contribution in [1.82, 2.24) is 0 Å². The van der Waals surface area contributed by atoms with Crippen molar-refractivity contribution in [1.29, 1.82) is 0 Å². The Balaban J connectivity index is 2.26. The first-order chi connectivity index (χ1) is 11.4. The topological polar surface area (TPSA) is 84.9 Å². The maximum Gasteiger partial charge on any atom is 0.307 e. The van der Waals surface area contributed by atoms with Crippen molar-refractivity contribution in [2.75, 3.05) is 19.5 Å². The van der Waals surface area contributed by atoms with E-state index in [1.54, 1.807) is 18.2 Å². The van der Waals surface area contributed by atoms with E-state index >= 15 is 0 Å². The second-order valence-electron chi connectivity index (χ2n) is 6.08. The van der Waals surface area contributed by atoms with Gasteiger partial charge in [0.2, 0.25) is 5.91 Å². The van der Waals surface area contributed by atoms with E-state index in [4.69, 9.17) is 9.47 Å². The second-order valence-corrected chi connectivity index (χ2v) is 6.08. The molecule has 24 heavy (non-hydrogen) atoms. The van der Waals surface area contributed by atoms with E-state index in [-0.39, 0.29) is 5.91 Å². The highest BCUT2D eigenvalue weighted by Crippen LogP contribution is 2.36. The number of carboxylic acid groups (broad SMARTS) is 1. The van der Waals surface area contributed by atoms with Crippen LogP contribution in [0.4, 0.5) is 5.69 Å². The molecule has 1 aromatic carbocycles. The number of nitrogens with one attached hydrogen (secondary N) is 1. The fourth-order valence-corrected chi connectivity index (χ4v) is 2.96. The van der Waals surface area contributed by atoms with E-state index in [0.29, 0.717) is 30.0 Å². The van der Waals surface area contributed by atoms with Gasteiger partial charge in [0.05, 0.1) is 31.7 Å². The minimum absolute atomic E-state index is 0.319. The van der Waals surface area contributed by atoms with Gasteiger partial charge in [-0.25, -0.2) is 0 Å². The number of carbonyl (C=O) groups is 2. The van der Waals surface area contributed by atoms with Crippen molar-refractivity contribution in [3.63, 3.8) is 0 Å². The van der Waals surface area contributed by atoms with Crippen molar-refractivity contribution in [2.45, 2.75) is 26.7 Å². The van der Waals surface area contributed by atoms with Gasteiger partial charge in [0, 0.05) is 6.07 Å². The Morgan fingerprint density at radius 1 is 1.08 bits per heavy atom. The molecule has 1 aromatic rings. The average Bonchev–Trinajstić information content (AvgIpc) is 2.56. The summed E-state index contributed by atoms with van der Waals surface area (Å²) in [5, 5.41) is 12.3. The highest BCUT2D eigenvalue weighted by Gasteiger charge is 2.37. The van der Waals surface area contributed by atoms with Crippen molar-refractivity contribution in [3.05, 3.63) is 29.3 Å². The Morgan fingerprint density at radius 3 is 2.25 bits per heavy atom. The molecule has 2 N–H and O–H groups in total. The van der Waals surface area contributed by atoms with E-state index in [0.717, 1.165) is 11.1 Å². The zero-order valence-electron chi connectivity index (χ0n) is 14.4. The van der Waals surface area contributed by atoms with Crippen LogP contribution in [0, 0.1) is 11.8 Å². The van der Waals surface area contributed by atoms with Gasteiger partial charge >= 0.3 is 5.97 Å². The molecular formula is C18H23NO5. The number of rotatable bonds is 5. The second kappa shape index (κ2) is 7.38. The molecule has 130 valence electrons. The van der Waals surface area contributed by atoms with Crippen molar-refractivity contribution in [2.24, 2.45) is 11.8 Å². The molecule has 0 unspecified atom stereocenters. The highest BCUT2D eigenvalue weighted by atomic mass is 16.5. The van der Waals surface area contributed by atoms with Crippen LogP contribution < -0.4 is 14.8 Å². The molecule has 6 heteroatoms. The Hall–Kier alpha value is -2.50. The Labute approximate surface area is 141 Å². The summed E-state index contributed by atoms with van der Waals surface area (Å²) in [6.07, 6.45) is 0.843. The quantitative estimate of drug-likeness (QED) is 0.809. The summed E-state index contributed by atoms with van der Waals surface area (Å²) in [6, 6.07) is 5.08. The van der Waals surface area contributed by atoms with E-state index < -0.39 is 17.8 Å². The summed E-state index contributed by atoms with van der Waals surface area (Å²) >= 11 is 0. The third-order valence-electron chi connectivity index (χ3n) is 4.58. The molecule has 0 spiro atoms. The number of anilines is 1. The molecule has 0 aromatic heterocycles. The van der Waals surface area contributed by atoms with Gasteiger partial charge < -0.3 is 19.9 Å². The molecule has 0 saturated heterocycles. The van der Waals surface area contributed by atoms with Gasteiger partial charge in [-0.2, -0.15) is 0 Å². The van der Waals surface area contributed by atoms with Gasteiger partial charge in [-0.3, -0.25) is 9.59 Å². The largest absolute Gasteiger partial charge is 0.497 e. The predicted molar refractivity (Wildman–Crippen MR) is 90.4 cm³/mol. The lowest BCUT2D eigenvalue weighted by Gasteiger charge is -2.29. The molecule has 1 aliphatic carbocycles. The third kappa shape index (κ3) is 3.69. The van der Waals surface area contributed by atoms with Gasteiger partial charge in [0.25, 0.3) is 0 Å². The monoisotopic (exact) mass is 333 g/mol. The molecule has 0 radical (unpaired) electrons. The molecule has 1 aliphatic rings. The number of ether oxygens (including phenoxy) is 2. The van der Waals surface area contributed by atoms with Crippen LogP contribution >= 0.6 is 0 Å². The molecule has 6 nitrogen and oxygen atoms in total. The van der Waals surface area contributed by atoms with Gasteiger partial charge in [-0.1, -0.05) is 11.1 Å². The van der Waals surface area contributed by atoms with Gasteiger partial charge in [0.15, 0.2) is 0 Å². The first kappa shape index (κ1) is 17.8. The molecule has 1 amide bonds. The summed E-state index contributed by atoms with van der Waals surface area (Å²) in [5.41, 5.74) is 2.59. The normalized spacial score (nSPS) is 20.5. The average molecular weight is 333 g/mol. The minimum Gasteiger partial charge on any atom is -0.497 e. The smallest absolute Gasteiger partial charge is 0.307 e. The fraction of sp³-hybridized carbons (Fsp3) is 0.444. The van der Waals surface area contributed by atoms with Crippen LogP contribution in [0.5, 0.6) is 11.5 Å². The number of amides is 1. The zero-order valence-corrected chi connectivity index (χ0v) is 14.4. The lowest BCUT2D eigenvalue weighted by atomic mass is 9.76. The molecule has 0 fully saturated rings. The Morgan fingerprint density at radius 2 is 1.71 bits per heavy atom. The third-order valence-corrected chi connectivity index (χ3v) is 4.58. The first-order valence-electron chi connectivity index (χ1n) is 7.78. The molecule has 0 bridgehead atoms. The van der Waals surface area contributed by atoms with Crippen molar-refractivity contribution < 1.29 is 24.2 Å². The minimum atomic E-state index is -0.945. The number of carbonyl (C=O) groups excluding carboxylic acids is 1. The van der Waals surface area contributed by atoms with Crippen molar-refractivity contribution >= 4 is 17.6 Å². The van der Waals surface area contributed by atoms with Crippen LogP contribution in [0.25, 0.3) is 0 Å². The molecular weight excluding hydrogens is 310 g/mol. The van der Waals surface area contributed by atoms with E-state index in [2.05, 4.69) is 5.32 Å². The standard InChI is InChI=1S/C18H23NO5/c1-10-7-13(14(18(21)22)8-11(10)2)17(20)19-15-9-12(23-3)5-6-16(15)24-4/h5-6,9,13-14H,7-8H2,1-4H3,(H,19,20)(H,21,22)/t13-,14-/m0/s1. The van der Waals surface area contributed by atoms with Crippen LogP contribution in [0.15, 0.2) is 29.3 Å². The summed E-state index contributed by atoms with van der Waals surface area (Å²) in [4.78, 5) is 24.3. The molecule has 2 atom stereocenters. The fourth-order valence-electron chi connectivity index (χ4n) is 2.96. The highest BCUT2D eigenvalue weighted by molar-refractivity contribution is 5.97. The lowest BCUT2D eigenvalue weighted by molar-refractivity contribution is -0.146. The van der Waals surface area contributed by atoms with Gasteiger partial charge in [0.1, 0.15) is 11.5 Å². The Kier molecular flexibility index (Phi) is 5.49. The number of benzene rings is 1. The molecule has 0 saturated carbocycles. The van der Waals surface area contributed by atoms with Crippen LogP contribution in [-0.2, 0) is 9.59 Å². The summed E-state index contributed by atoms with van der Waals surface area (Å²) in [6.45, 7) is 3.87.